The van der Waals surface area contributed by atoms with Crippen molar-refractivity contribution in [2.24, 2.45) is 0 Å². The van der Waals surface area contributed by atoms with E-state index >= 15 is 0 Å². The molecule has 9 nitrogen and oxygen atoms in total. The molecule has 4 rings (SSSR count). The summed E-state index contributed by atoms with van der Waals surface area (Å²) in [5.74, 6) is -1.42. The lowest BCUT2D eigenvalue weighted by Crippen LogP contribution is -2.37. The molecule has 1 aromatic heterocycles. The van der Waals surface area contributed by atoms with Gasteiger partial charge in [-0.15, -0.1) is 0 Å². The van der Waals surface area contributed by atoms with E-state index in [0.717, 1.165) is 5.69 Å². The van der Waals surface area contributed by atoms with Gasteiger partial charge in [-0.05, 0) is 55.0 Å². The molecule has 0 saturated carbocycles. The Balaban J connectivity index is 1.40. The fourth-order valence-electron chi connectivity index (χ4n) is 3.72. The molecule has 0 spiro atoms. The second-order valence-corrected chi connectivity index (χ2v) is 9.50. The van der Waals surface area contributed by atoms with E-state index in [1.165, 1.54) is 36.2 Å². The lowest BCUT2D eigenvalue weighted by atomic mass is 10.1. The molecule has 204 valence electrons. The third kappa shape index (κ3) is 6.74. The Morgan fingerprint density at radius 1 is 1.07 bits per heavy atom. The van der Waals surface area contributed by atoms with Crippen LogP contribution in [0.4, 0.5) is 5.69 Å². The van der Waals surface area contributed by atoms with E-state index < -0.39 is 17.8 Å². The number of benzene rings is 3. The van der Waals surface area contributed by atoms with Gasteiger partial charge in [-0.1, -0.05) is 41.4 Å². The van der Waals surface area contributed by atoms with E-state index in [0.29, 0.717) is 38.6 Å². The Kier molecular flexibility index (Phi) is 8.98. The van der Waals surface area contributed by atoms with Gasteiger partial charge in [0.05, 0.1) is 34.0 Å². The van der Waals surface area contributed by atoms with Crippen molar-refractivity contribution in [3.05, 3.63) is 99.3 Å². The van der Waals surface area contributed by atoms with Gasteiger partial charge in [0.25, 0.3) is 0 Å². The molecular weight excluding hydrogens is 555 g/mol. The summed E-state index contributed by atoms with van der Waals surface area (Å²) < 4.78 is 6.01. The van der Waals surface area contributed by atoms with E-state index in [1.807, 2.05) is 19.1 Å². The first-order valence-electron chi connectivity index (χ1n) is 12.0. The normalized spacial score (nSPS) is 11.0. The average Bonchev–Trinajstić information content (AvgIpc) is 2.94. The number of rotatable bonds is 9. The van der Waals surface area contributed by atoms with Gasteiger partial charge in [0.2, 0.25) is 11.8 Å². The van der Waals surface area contributed by atoms with Crippen molar-refractivity contribution in [1.82, 2.24) is 15.3 Å². The van der Waals surface area contributed by atoms with E-state index in [-0.39, 0.29) is 23.7 Å². The fraction of sp³-hybridized carbons (Fsp3) is 0.138. The molecule has 0 bridgehead atoms. The van der Waals surface area contributed by atoms with Gasteiger partial charge >= 0.3 is 5.97 Å². The topological polar surface area (TPSA) is 122 Å². The zero-order valence-electron chi connectivity index (χ0n) is 21.5. The quantitative estimate of drug-likeness (QED) is 0.258. The van der Waals surface area contributed by atoms with Crippen LogP contribution in [0.1, 0.15) is 27.2 Å². The molecular formula is C29H24Cl2N4O5. The van der Waals surface area contributed by atoms with Crippen LogP contribution in [0.15, 0.2) is 66.9 Å². The Morgan fingerprint density at radius 2 is 1.82 bits per heavy atom. The summed E-state index contributed by atoms with van der Waals surface area (Å²) in [4.78, 5) is 46.2. The highest BCUT2D eigenvalue weighted by Crippen LogP contribution is 2.35. The lowest BCUT2D eigenvalue weighted by Gasteiger charge is -2.21. The zero-order valence-corrected chi connectivity index (χ0v) is 23.0. The van der Waals surface area contributed by atoms with Crippen molar-refractivity contribution < 1.29 is 24.2 Å². The number of nitrogens with one attached hydrogen (secondary N) is 1. The van der Waals surface area contributed by atoms with E-state index in [1.54, 1.807) is 36.5 Å². The molecule has 1 heterocycles. The molecule has 0 fully saturated rings. The summed E-state index contributed by atoms with van der Waals surface area (Å²) in [6.45, 7) is 1.58. The number of carboxylic acid groups (broad SMARTS) is 1. The average molecular weight is 579 g/mol. The zero-order chi connectivity index (χ0) is 28.8. The first-order valence-corrected chi connectivity index (χ1v) is 12.8. The second-order valence-electron chi connectivity index (χ2n) is 8.71. The summed E-state index contributed by atoms with van der Waals surface area (Å²) >= 11 is 13.1. The number of aryl methyl sites for hydroxylation is 1. The third-order valence-corrected chi connectivity index (χ3v) is 6.70. The molecule has 3 aromatic carbocycles. The highest BCUT2D eigenvalue weighted by molar-refractivity contribution is 6.38. The molecule has 0 saturated heterocycles. The number of para-hydroxylation sites is 1. The van der Waals surface area contributed by atoms with E-state index in [4.69, 9.17) is 33.0 Å². The van der Waals surface area contributed by atoms with Crippen LogP contribution < -0.4 is 15.0 Å². The fourth-order valence-corrected chi connectivity index (χ4v) is 4.33. The smallest absolute Gasteiger partial charge is 0.335 e. The van der Waals surface area contributed by atoms with Crippen molar-refractivity contribution in [2.75, 3.05) is 18.5 Å². The maximum absolute atomic E-state index is 12.8. The van der Waals surface area contributed by atoms with E-state index in [2.05, 4.69) is 15.3 Å². The highest BCUT2D eigenvalue weighted by atomic mass is 35.5. The van der Waals surface area contributed by atoms with Gasteiger partial charge in [0.1, 0.15) is 17.9 Å². The first-order chi connectivity index (χ1) is 19.1. The molecule has 0 aliphatic carbocycles. The monoisotopic (exact) mass is 578 g/mol. The van der Waals surface area contributed by atoms with Crippen LogP contribution in [-0.2, 0) is 16.2 Å². The maximum atomic E-state index is 12.8. The maximum Gasteiger partial charge on any atom is 0.335 e. The van der Waals surface area contributed by atoms with Gasteiger partial charge in [0, 0.05) is 29.9 Å². The Hall–Kier alpha value is -4.47. The number of carboxylic acids is 1. The molecule has 11 heteroatoms. The van der Waals surface area contributed by atoms with Gasteiger partial charge in [-0.3, -0.25) is 14.6 Å². The molecule has 2 amide bonds. The van der Waals surface area contributed by atoms with Gasteiger partial charge in [0.15, 0.2) is 0 Å². The molecule has 0 aliphatic rings. The highest BCUT2D eigenvalue weighted by Gasteiger charge is 2.19. The minimum atomic E-state index is -1.04. The lowest BCUT2D eigenvalue weighted by molar-refractivity contribution is -0.122. The minimum absolute atomic E-state index is 0.0250. The molecule has 4 aromatic rings. The van der Waals surface area contributed by atoms with Crippen LogP contribution in [0.25, 0.3) is 17.1 Å². The Morgan fingerprint density at radius 3 is 2.55 bits per heavy atom. The number of carbonyl (C=O) groups excluding carboxylic acids is 2. The SMILES string of the molecule is Cc1cnc2cccc(OCc3c(Cl)ccc(N(C)C(=O)CNC(=O)C=Cc4ccc(C(=O)O)cc4)c3Cl)c2n1. The summed E-state index contributed by atoms with van der Waals surface area (Å²) in [5, 5.41) is 12.1. The van der Waals surface area contributed by atoms with Crippen molar-refractivity contribution in [3.8, 4) is 5.75 Å². The molecule has 0 atom stereocenters. The number of likely N-dealkylation sites (N-methyl/N-ethyl adjacent to an activating group) is 1. The largest absolute Gasteiger partial charge is 0.486 e. The number of fused-ring (bicyclic) bond motifs is 1. The van der Waals surface area contributed by atoms with Crippen LogP contribution >= 0.6 is 23.2 Å². The molecule has 2 N–H and O–H groups in total. The molecule has 0 radical (unpaired) electrons. The number of amides is 2. The number of carbonyl (C=O) groups is 3. The van der Waals surface area contributed by atoms with Crippen molar-refractivity contribution in [2.45, 2.75) is 13.5 Å². The van der Waals surface area contributed by atoms with Crippen molar-refractivity contribution in [3.63, 3.8) is 0 Å². The van der Waals surface area contributed by atoms with Crippen LogP contribution in [0.2, 0.25) is 10.0 Å². The molecule has 0 aliphatic heterocycles. The number of anilines is 1. The van der Waals surface area contributed by atoms with Crippen LogP contribution in [0.3, 0.4) is 0 Å². The predicted molar refractivity (Wildman–Crippen MR) is 154 cm³/mol. The summed E-state index contributed by atoms with van der Waals surface area (Å²) in [6.07, 6.45) is 4.45. The first kappa shape index (κ1) is 28.5. The van der Waals surface area contributed by atoms with Crippen LogP contribution in [-0.4, -0.2) is 46.5 Å². The summed E-state index contributed by atoms with van der Waals surface area (Å²) in [5.41, 5.74) is 3.71. The number of nitrogens with zero attached hydrogens (tertiary/aromatic N) is 3. The third-order valence-electron chi connectivity index (χ3n) is 5.93. The van der Waals surface area contributed by atoms with Gasteiger partial charge < -0.3 is 20.1 Å². The van der Waals surface area contributed by atoms with Crippen LogP contribution in [0.5, 0.6) is 5.75 Å². The van der Waals surface area contributed by atoms with Crippen molar-refractivity contribution in [1.29, 1.82) is 0 Å². The number of ether oxygens (including phenoxy) is 1. The standard InChI is InChI=1S/C29H24Cl2N4O5/c1-17-14-32-22-4-3-5-24(28(22)34-17)40-16-20-21(30)11-12-23(27(20)31)35(2)26(37)15-33-25(36)13-8-18-6-9-19(10-7-18)29(38)39/h3-14H,15-16H2,1-2H3,(H,33,36)(H,38,39). The number of hydrogen-bond acceptors (Lipinski definition) is 6. The second kappa shape index (κ2) is 12.6. The van der Waals surface area contributed by atoms with Gasteiger partial charge in [-0.25, -0.2) is 9.78 Å². The number of hydrogen-bond donors (Lipinski definition) is 2. The molecule has 0 unspecified atom stereocenters. The minimum Gasteiger partial charge on any atom is -0.486 e. The predicted octanol–water partition coefficient (Wildman–Crippen LogP) is 5.31. The summed E-state index contributed by atoms with van der Waals surface area (Å²) in [7, 11) is 1.54. The van der Waals surface area contributed by atoms with Crippen LogP contribution in [0, 0.1) is 6.92 Å². The number of aromatic carboxylic acids is 1. The summed E-state index contributed by atoms with van der Waals surface area (Å²) in [6, 6.07) is 14.7. The molecule has 40 heavy (non-hydrogen) atoms. The van der Waals surface area contributed by atoms with Crippen molar-refractivity contribution >= 4 is 63.8 Å². The Labute approximate surface area is 240 Å². The Bertz CT molecular complexity index is 1620. The van der Waals surface area contributed by atoms with E-state index in [9.17, 15) is 14.4 Å². The van der Waals surface area contributed by atoms with Gasteiger partial charge in [-0.2, -0.15) is 0 Å². The number of halogens is 2. The number of aromatic nitrogens is 2.